The maximum Gasteiger partial charge on any atom is 0.166 e. The Labute approximate surface area is 143 Å². The van der Waals surface area contributed by atoms with Gasteiger partial charge in [-0.05, 0) is 35.8 Å². The van der Waals surface area contributed by atoms with Crippen LogP contribution in [0.15, 0.2) is 24.3 Å². The standard InChI is InChI=1S/C17H26FN3OS/c1-13(2)11-21-7-8-22-16(12-21)10-20-17(23)19-9-14-3-5-15(18)6-4-14/h3-6,13,16H,7-12H2,1-2H3,(H2,19,20,23)/t16-/m1/s1. The summed E-state index contributed by atoms with van der Waals surface area (Å²) in [5.41, 5.74) is 0.993. The molecule has 1 fully saturated rings. The highest BCUT2D eigenvalue weighted by Crippen LogP contribution is 2.07. The molecule has 0 bridgehead atoms. The Hall–Kier alpha value is -1.24. The third-order valence-corrected chi connectivity index (χ3v) is 3.99. The number of morpholine rings is 1. The highest BCUT2D eigenvalue weighted by Gasteiger charge is 2.20. The van der Waals surface area contributed by atoms with E-state index in [0.29, 0.717) is 24.1 Å². The van der Waals surface area contributed by atoms with Crippen LogP contribution in [0.25, 0.3) is 0 Å². The fourth-order valence-corrected chi connectivity index (χ4v) is 2.80. The summed E-state index contributed by atoms with van der Waals surface area (Å²) in [6.07, 6.45) is 0.160. The van der Waals surface area contributed by atoms with Crippen molar-refractivity contribution in [1.29, 1.82) is 0 Å². The Morgan fingerprint density at radius 2 is 2.09 bits per heavy atom. The molecule has 0 aliphatic carbocycles. The van der Waals surface area contributed by atoms with Crippen LogP contribution < -0.4 is 10.6 Å². The molecular weight excluding hydrogens is 313 g/mol. The van der Waals surface area contributed by atoms with Crippen LogP contribution in [-0.2, 0) is 11.3 Å². The minimum Gasteiger partial charge on any atom is -0.374 e. The number of thiocarbonyl (C=S) groups is 1. The molecule has 1 aliphatic heterocycles. The molecule has 0 unspecified atom stereocenters. The van der Waals surface area contributed by atoms with Crippen molar-refractivity contribution in [2.45, 2.75) is 26.5 Å². The maximum atomic E-state index is 12.8. The number of nitrogens with zero attached hydrogens (tertiary/aromatic N) is 1. The Morgan fingerprint density at radius 1 is 1.35 bits per heavy atom. The van der Waals surface area contributed by atoms with Gasteiger partial charge >= 0.3 is 0 Å². The minimum atomic E-state index is -0.227. The SMILES string of the molecule is CC(C)CN1CCO[C@H](CNC(=S)NCc2ccc(F)cc2)C1. The number of rotatable bonds is 6. The molecule has 0 saturated carbocycles. The van der Waals surface area contributed by atoms with Gasteiger partial charge < -0.3 is 15.4 Å². The zero-order valence-electron chi connectivity index (χ0n) is 13.8. The number of hydrogen-bond donors (Lipinski definition) is 2. The molecular formula is C17H26FN3OS. The van der Waals surface area contributed by atoms with E-state index in [1.165, 1.54) is 12.1 Å². The normalized spacial score (nSPS) is 18.9. The van der Waals surface area contributed by atoms with E-state index in [1.807, 2.05) is 0 Å². The Morgan fingerprint density at radius 3 is 2.78 bits per heavy atom. The van der Waals surface area contributed by atoms with Gasteiger partial charge in [-0.1, -0.05) is 26.0 Å². The second-order valence-corrected chi connectivity index (χ2v) is 6.74. The van der Waals surface area contributed by atoms with E-state index in [2.05, 4.69) is 29.4 Å². The molecule has 128 valence electrons. The molecule has 4 nitrogen and oxygen atoms in total. The molecule has 1 aromatic carbocycles. The molecule has 0 aromatic heterocycles. The van der Waals surface area contributed by atoms with Crippen molar-refractivity contribution in [2.75, 3.05) is 32.8 Å². The van der Waals surface area contributed by atoms with Crippen LogP contribution in [0.1, 0.15) is 19.4 Å². The highest BCUT2D eigenvalue weighted by atomic mass is 32.1. The lowest BCUT2D eigenvalue weighted by Gasteiger charge is -2.34. The largest absolute Gasteiger partial charge is 0.374 e. The van der Waals surface area contributed by atoms with Gasteiger partial charge in [-0.25, -0.2) is 4.39 Å². The predicted molar refractivity (Wildman–Crippen MR) is 94.9 cm³/mol. The number of halogens is 1. The van der Waals surface area contributed by atoms with Crippen molar-refractivity contribution < 1.29 is 9.13 Å². The fourth-order valence-electron chi connectivity index (χ4n) is 2.64. The smallest absolute Gasteiger partial charge is 0.166 e. The minimum absolute atomic E-state index is 0.160. The third-order valence-electron chi connectivity index (χ3n) is 3.70. The molecule has 0 amide bonds. The van der Waals surface area contributed by atoms with Crippen LogP contribution in [0.3, 0.4) is 0 Å². The molecule has 2 N–H and O–H groups in total. The lowest BCUT2D eigenvalue weighted by Crippen LogP contribution is -2.49. The summed E-state index contributed by atoms with van der Waals surface area (Å²) in [5, 5.41) is 6.93. The summed E-state index contributed by atoms with van der Waals surface area (Å²) in [5.74, 6) is 0.440. The molecule has 1 atom stereocenters. The van der Waals surface area contributed by atoms with Crippen LogP contribution in [0.2, 0.25) is 0 Å². The lowest BCUT2D eigenvalue weighted by atomic mass is 10.2. The number of hydrogen-bond acceptors (Lipinski definition) is 3. The summed E-state index contributed by atoms with van der Waals surface area (Å²) < 4.78 is 18.6. The fraction of sp³-hybridized carbons (Fsp3) is 0.588. The van der Waals surface area contributed by atoms with Crippen LogP contribution in [-0.4, -0.2) is 48.9 Å². The van der Waals surface area contributed by atoms with E-state index in [9.17, 15) is 4.39 Å². The predicted octanol–water partition coefficient (Wildman–Crippen LogP) is 2.15. The average molecular weight is 339 g/mol. The second kappa shape index (κ2) is 9.15. The Kier molecular flexibility index (Phi) is 7.20. The van der Waals surface area contributed by atoms with E-state index < -0.39 is 0 Å². The monoisotopic (exact) mass is 339 g/mol. The molecule has 0 spiro atoms. The van der Waals surface area contributed by atoms with Crippen molar-refractivity contribution in [1.82, 2.24) is 15.5 Å². The summed E-state index contributed by atoms with van der Waals surface area (Å²) in [7, 11) is 0. The van der Waals surface area contributed by atoms with E-state index in [0.717, 1.165) is 31.8 Å². The molecule has 23 heavy (non-hydrogen) atoms. The van der Waals surface area contributed by atoms with Crippen molar-refractivity contribution in [3.8, 4) is 0 Å². The molecule has 1 saturated heterocycles. The van der Waals surface area contributed by atoms with Gasteiger partial charge in [0.1, 0.15) is 5.82 Å². The van der Waals surface area contributed by atoms with Gasteiger partial charge in [0, 0.05) is 32.7 Å². The van der Waals surface area contributed by atoms with Crippen molar-refractivity contribution in [2.24, 2.45) is 5.92 Å². The number of benzene rings is 1. The zero-order valence-corrected chi connectivity index (χ0v) is 14.7. The molecule has 1 aliphatic rings. The molecule has 1 heterocycles. The summed E-state index contributed by atoms with van der Waals surface area (Å²) in [4.78, 5) is 2.44. The van der Waals surface area contributed by atoms with Crippen molar-refractivity contribution in [3.05, 3.63) is 35.6 Å². The van der Waals surface area contributed by atoms with Crippen molar-refractivity contribution >= 4 is 17.3 Å². The summed E-state index contributed by atoms with van der Waals surface area (Å²) >= 11 is 5.28. The average Bonchev–Trinajstić information content (AvgIpc) is 2.52. The summed E-state index contributed by atoms with van der Waals surface area (Å²) in [6, 6.07) is 6.40. The van der Waals surface area contributed by atoms with Crippen LogP contribution in [0.5, 0.6) is 0 Å². The van der Waals surface area contributed by atoms with Gasteiger partial charge in [0.2, 0.25) is 0 Å². The van der Waals surface area contributed by atoms with Gasteiger partial charge in [-0.2, -0.15) is 0 Å². The first-order chi connectivity index (χ1) is 11.0. The Bertz CT molecular complexity index is 495. The zero-order chi connectivity index (χ0) is 16.7. The van der Waals surface area contributed by atoms with Gasteiger partial charge in [0.05, 0.1) is 12.7 Å². The first-order valence-corrected chi connectivity index (χ1v) is 8.54. The topological polar surface area (TPSA) is 36.5 Å². The first kappa shape index (κ1) is 18.1. The van der Waals surface area contributed by atoms with Gasteiger partial charge in [-0.15, -0.1) is 0 Å². The third kappa shape index (κ3) is 6.81. The Balaban J connectivity index is 1.66. The van der Waals surface area contributed by atoms with Gasteiger partial charge in [0.15, 0.2) is 5.11 Å². The van der Waals surface area contributed by atoms with Gasteiger partial charge in [-0.3, -0.25) is 4.90 Å². The quantitative estimate of drug-likeness (QED) is 0.777. The van der Waals surface area contributed by atoms with Crippen molar-refractivity contribution in [3.63, 3.8) is 0 Å². The van der Waals surface area contributed by atoms with Crippen LogP contribution in [0, 0.1) is 11.7 Å². The van der Waals surface area contributed by atoms with Crippen LogP contribution >= 0.6 is 12.2 Å². The number of ether oxygens (including phenoxy) is 1. The van der Waals surface area contributed by atoms with Crippen LogP contribution in [0.4, 0.5) is 4.39 Å². The maximum absolute atomic E-state index is 12.8. The van der Waals surface area contributed by atoms with E-state index >= 15 is 0 Å². The highest BCUT2D eigenvalue weighted by molar-refractivity contribution is 7.80. The van der Waals surface area contributed by atoms with E-state index in [4.69, 9.17) is 17.0 Å². The molecule has 2 rings (SSSR count). The lowest BCUT2D eigenvalue weighted by molar-refractivity contribution is -0.0283. The molecule has 0 radical (unpaired) electrons. The molecule has 1 aromatic rings. The van der Waals surface area contributed by atoms with Gasteiger partial charge in [0.25, 0.3) is 0 Å². The summed E-state index contributed by atoms with van der Waals surface area (Å²) in [6.45, 7) is 9.56. The first-order valence-electron chi connectivity index (χ1n) is 8.13. The molecule has 6 heteroatoms. The second-order valence-electron chi connectivity index (χ2n) is 6.34. The van der Waals surface area contributed by atoms with E-state index in [-0.39, 0.29) is 11.9 Å². The number of nitrogens with one attached hydrogen (secondary N) is 2. The van der Waals surface area contributed by atoms with E-state index in [1.54, 1.807) is 12.1 Å².